The number of pyridine rings is 1. The number of sulfonamides is 1. The van der Waals surface area contributed by atoms with Gasteiger partial charge in [0.2, 0.25) is 27.7 Å². The quantitative estimate of drug-likeness (QED) is 0.249. The highest BCUT2D eigenvalue weighted by molar-refractivity contribution is 7.91. The first-order valence-electron chi connectivity index (χ1n) is 21.1. The molecule has 15 nitrogen and oxygen atoms in total. The number of ether oxygens (including phenoxy) is 3. The van der Waals surface area contributed by atoms with E-state index in [4.69, 9.17) is 19.2 Å². The van der Waals surface area contributed by atoms with Crippen LogP contribution in [-0.2, 0) is 29.1 Å². The van der Waals surface area contributed by atoms with Gasteiger partial charge in [-0.15, -0.1) is 0 Å². The van der Waals surface area contributed by atoms with E-state index in [1.807, 2.05) is 67.5 Å². The second kappa shape index (κ2) is 17.1. The van der Waals surface area contributed by atoms with Crippen molar-refractivity contribution >= 4 is 50.3 Å². The van der Waals surface area contributed by atoms with Gasteiger partial charge in [-0.05, 0) is 113 Å². The Morgan fingerprint density at radius 1 is 0.950 bits per heavy atom. The first-order valence-corrected chi connectivity index (χ1v) is 22.6. The lowest BCUT2D eigenvalue weighted by Gasteiger charge is -2.30. The van der Waals surface area contributed by atoms with Crippen LogP contribution in [0.4, 0.5) is 10.5 Å². The SMILES string of the molecule is COc1ccc(-c2cc3cc(N(C)C)ccc3c(O[C@@H]3C[C@H]4C(=O)N[C@]5(C(=O)NS(=O)(=O)C6CC6)C[C@H]5CCCCCCC[C@H](NC(=O)OC(C)(C)C)C(=O)N4C3)n2)cc1. The zero-order valence-electron chi connectivity index (χ0n) is 35.4. The van der Waals surface area contributed by atoms with Crippen LogP contribution in [0.2, 0.25) is 0 Å². The van der Waals surface area contributed by atoms with E-state index in [0.29, 0.717) is 49.4 Å². The number of methoxy groups -OCH3 is 1. The third-order valence-corrected chi connectivity index (χ3v) is 13.7. The number of aromatic nitrogens is 1. The summed E-state index contributed by atoms with van der Waals surface area (Å²) in [6.07, 6.45) is 4.77. The van der Waals surface area contributed by atoms with Gasteiger partial charge in [-0.25, -0.2) is 18.2 Å². The molecule has 2 saturated carbocycles. The summed E-state index contributed by atoms with van der Waals surface area (Å²) in [7, 11) is 1.63. The maximum absolute atomic E-state index is 14.7. The molecule has 3 heterocycles. The molecule has 0 unspecified atom stereocenters. The average Bonchev–Trinajstić information content (AvgIpc) is 4.12. The number of benzene rings is 2. The molecule has 3 N–H and O–H groups in total. The third-order valence-electron chi connectivity index (χ3n) is 11.9. The summed E-state index contributed by atoms with van der Waals surface area (Å²) in [5.41, 5.74) is 0.199. The van der Waals surface area contributed by atoms with Crippen LogP contribution in [0.25, 0.3) is 22.0 Å². The first kappa shape index (κ1) is 43.0. The smallest absolute Gasteiger partial charge is 0.408 e. The third kappa shape index (κ3) is 9.74. The topological polar surface area (TPSA) is 186 Å². The fourth-order valence-electron chi connectivity index (χ4n) is 8.35. The molecule has 7 rings (SSSR count). The summed E-state index contributed by atoms with van der Waals surface area (Å²) >= 11 is 0. The van der Waals surface area contributed by atoms with E-state index < -0.39 is 68.4 Å². The van der Waals surface area contributed by atoms with E-state index in [2.05, 4.69) is 15.4 Å². The second-order valence-electron chi connectivity index (χ2n) is 17.9. The van der Waals surface area contributed by atoms with Crippen LogP contribution in [0, 0.1) is 5.92 Å². The maximum Gasteiger partial charge on any atom is 0.408 e. The normalized spacial score (nSPS) is 25.1. The molecule has 3 aromatic rings. The molecule has 1 aromatic heterocycles. The Hall–Kier alpha value is -5.12. The van der Waals surface area contributed by atoms with E-state index in [9.17, 15) is 27.6 Å². The summed E-state index contributed by atoms with van der Waals surface area (Å²) in [5.74, 6) is -1.07. The van der Waals surface area contributed by atoms with Crippen molar-refractivity contribution in [2.45, 2.75) is 126 Å². The van der Waals surface area contributed by atoms with E-state index >= 15 is 0 Å². The summed E-state index contributed by atoms with van der Waals surface area (Å²) < 4.78 is 45.9. The van der Waals surface area contributed by atoms with E-state index in [1.165, 1.54) is 4.90 Å². The Labute approximate surface area is 352 Å². The maximum atomic E-state index is 14.7. The molecule has 2 aromatic carbocycles. The van der Waals surface area contributed by atoms with Crippen LogP contribution in [0.1, 0.15) is 91.4 Å². The molecular formula is C44H58N6O9S. The summed E-state index contributed by atoms with van der Waals surface area (Å²) in [5, 5.41) is 6.73. The van der Waals surface area contributed by atoms with Crippen molar-refractivity contribution in [3.05, 3.63) is 48.5 Å². The standard InChI is InChI=1S/C44H58N6O9S/c1-43(2,3)59-42(54)46-35-13-11-9-7-8-10-12-29-25-44(29,41(53)48-60(55,56)33-19-20-33)47-38(51)37-24-32(26-50(37)40(35)52)58-39-34-21-16-30(49(4)5)22-28(34)23-36(45-39)27-14-17-31(57-6)18-15-27/h14-18,21-23,29,32-33,35,37H,7-13,19-20,24-26H2,1-6H3,(H,46,54)(H,47,51)(H,48,53)/t29-,32-,35+,37+,44-/m1/s1. The van der Waals surface area contributed by atoms with Gasteiger partial charge in [-0.3, -0.25) is 19.1 Å². The van der Waals surface area contributed by atoms with Crippen LogP contribution in [0.5, 0.6) is 11.6 Å². The van der Waals surface area contributed by atoms with Crippen molar-refractivity contribution in [1.29, 1.82) is 0 Å². The van der Waals surface area contributed by atoms with E-state index in [-0.39, 0.29) is 25.3 Å². The highest BCUT2D eigenvalue weighted by atomic mass is 32.2. The van der Waals surface area contributed by atoms with Crippen LogP contribution in [0.3, 0.4) is 0 Å². The lowest BCUT2D eigenvalue weighted by Crippen LogP contribution is -2.58. The highest BCUT2D eigenvalue weighted by Gasteiger charge is 2.62. The zero-order valence-corrected chi connectivity index (χ0v) is 36.2. The van der Waals surface area contributed by atoms with E-state index in [1.54, 1.807) is 27.9 Å². The summed E-state index contributed by atoms with van der Waals surface area (Å²) in [6, 6.07) is 13.3. The molecule has 16 heteroatoms. The van der Waals surface area contributed by atoms with Crippen molar-refractivity contribution in [3.63, 3.8) is 0 Å². The largest absolute Gasteiger partial charge is 0.497 e. The molecule has 5 atom stereocenters. The minimum atomic E-state index is -3.89. The highest BCUT2D eigenvalue weighted by Crippen LogP contribution is 2.48. The number of anilines is 1. The lowest BCUT2D eigenvalue weighted by atomic mass is 10.0. The predicted molar refractivity (Wildman–Crippen MR) is 227 cm³/mol. The monoisotopic (exact) mass is 846 g/mol. The minimum Gasteiger partial charge on any atom is -0.497 e. The van der Waals surface area contributed by atoms with Crippen LogP contribution in [0.15, 0.2) is 48.5 Å². The zero-order chi connectivity index (χ0) is 43.0. The van der Waals surface area contributed by atoms with Crippen molar-refractivity contribution in [1.82, 2.24) is 25.2 Å². The van der Waals surface area contributed by atoms with Crippen LogP contribution >= 0.6 is 0 Å². The number of hydrogen-bond donors (Lipinski definition) is 3. The fourth-order valence-corrected chi connectivity index (χ4v) is 9.72. The predicted octanol–water partition coefficient (Wildman–Crippen LogP) is 5.45. The van der Waals surface area contributed by atoms with Gasteiger partial charge in [0.1, 0.15) is 35.1 Å². The van der Waals surface area contributed by atoms with Gasteiger partial charge in [0.15, 0.2) is 0 Å². The van der Waals surface area contributed by atoms with Crippen LogP contribution < -0.4 is 29.7 Å². The molecule has 4 fully saturated rings. The minimum absolute atomic E-state index is 0.0200. The molecule has 60 heavy (non-hydrogen) atoms. The van der Waals surface area contributed by atoms with Crippen LogP contribution in [-0.4, -0.2) is 104 Å². The molecule has 4 amide bonds. The number of rotatable bonds is 9. The number of carbonyl (C=O) groups is 4. The van der Waals surface area contributed by atoms with Gasteiger partial charge in [-0.1, -0.05) is 32.1 Å². The Bertz CT molecular complexity index is 2220. The molecule has 0 bridgehead atoms. The average molecular weight is 847 g/mol. The van der Waals surface area contributed by atoms with Gasteiger partial charge in [-0.2, -0.15) is 0 Å². The van der Waals surface area contributed by atoms with Gasteiger partial charge in [0.05, 0.1) is 24.6 Å². The Morgan fingerprint density at radius 2 is 1.65 bits per heavy atom. The van der Waals surface area contributed by atoms with Gasteiger partial charge >= 0.3 is 6.09 Å². The van der Waals surface area contributed by atoms with Gasteiger partial charge in [0, 0.05) is 37.2 Å². The number of amides is 4. The number of hydrogen-bond acceptors (Lipinski definition) is 11. The number of nitrogens with one attached hydrogen (secondary N) is 3. The lowest BCUT2D eigenvalue weighted by molar-refractivity contribution is -0.141. The van der Waals surface area contributed by atoms with Crippen molar-refractivity contribution in [2.75, 3.05) is 32.6 Å². The van der Waals surface area contributed by atoms with Crippen molar-refractivity contribution in [2.24, 2.45) is 5.92 Å². The molecule has 0 spiro atoms. The number of carbonyl (C=O) groups excluding carboxylic acids is 4. The fraction of sp³-hybridized carbons (Fsp3) is 0.568. The summed E-state index contributed by atoms with van der Waals surface area (Å²) in [4.78, 5) is 64.8. The molecule has 2 aliphatic heterocycles. The Morgan fingerprint density at radius 3 is 2.32 bits per heavy atom. The molecule has 4 aliphatic rings. The van der Waals surface area contributed by atoms with Crippen molar-refractivity contribution < 1.29 is 41.8 Å². The second-order valence-corrected chi connectivity index (χ2v) is 19.9. The Balaban J connectivity index is 1.23. The van der Waals surface area contributed by atoms with Crippen molar-refractivity contribution in [3.8, 4) is 22.9 Å². The number of fused-ring (bicyclic) bond motifs is 3. The van der Waals surface area contributed by atoms with E-state index in [0.717, 1.165) is 47.7 Å². The molecule has 2 saturated heterocycles. The molecule has 324 valence electrons. The first-order chi connectivity index (χ1) is 28.5. The molecule has 0 radical (unpaired) electrons. The molecule has 2 aliphatic carbocycles. The van der Waals surface area contributed by atoms with Gasteiger partial charge < -0.3 is 34.6 Å². The van der Waals surface area contributed by atoms with Gasteiger partial charge in [0.25, 0.3) is 5.91 Å². The number of alkyl carbamates (subject to hydrolysis) is 1. The summed E-state index contributed by atoms with van der Waals surface area (Å²) in [6.45, 7) is 5.20. The molecular weight excluding hydrogens is 789 g/mol. The number of nitrogens with zero attached hydrogens (tertiary/aromatic N) is 3. The Kier molecular flexibility index (Phi) is 12.2.